The van der Waals surface area contributed by atoms with Gasteiger partial charge in [-0.1, -0.05) is 12.1 Å². The highest BCUT2D eigenvalue weighted by molar-refractivity contribution is 5.46. The molecule has 0 unspecified atom stereocenters. The van der Waals surface area contributed by atoms with Crippen molar-refractivity contribution in [2.75, 3.05) is 25.2 Å². The quantitative estimate of drug-likeness (QED) is 0.766. The molecule has 1 N–H and O–H groups in total. The Morgan fingerprint density at radius 3 is 2.38 bits per heavy atom. The molecule has 0 amide bonds. The van der Waals surface area contributed by atoms with Crippen LogP contribution in [0, 0.1) is 0 Å². The van der Waals surface area contributed by atoms with Crippen molar-refractivity contribution in [2.45, 2.75) is 6.61 Å². The molecule has 0 bridgehead atoms. The maximum Gasteiger partial charge on any atom is 0.107 e. The van der Waals surface area contributed by atoms with E-state index in [4.69, 9.17) is 5.11 Å². The van der Waals surface area contributed by atoms with Crippen LogP contribution in [0.5, 0.6) is 0 Å². The lowest BCUT2D eigenvalue weighted by Crippen LogP contribution is -2.19. The van der Waals surface area contributed by atoms with E-state index in [1.54, 1.807) is 0 Å². The number of alkyl halides is 1. The van der Waals surface area contributed by atoms with Crippen LogP contribution in [0.3, 0.4) is 0 Å². The number of aliphatic hydroxyl groups excluding tert-OH is 1. The Morgan fingerprint density at radius 1 is 1.31 bits per heavy atom. The molecule has 0 spiro atoms. The normalized spacial score (nSPS) is 10.1. The minimum Gasteiger partial charge on any atom is -0.392 e. The Kier molecular flexibility index (Phi) is 3.71. The van der Waals surface area contributed by atoms with Crippen LogP contribution in [0.25, 0.3) is 0 Å². The highest BCUT2D eigenvalue weighted by Crippen LogP contribution is 2.13. The lowest BCUT2D eigenvalue weighted by Gasteiger charge is -2.17. The number of aliphatic hydroxyl groups is 1. The fourth-order valence-corrected chi connectivity index (χ4v) is 1.11. The van der Waals surface area contributed by atoms with Gasteiger partial charge in [-0.05, 0) is 17.7 Å². The van der Waals surface area contributed by atoms with Crippen molar-refractivity contribution in [1.82, 2.24) is 0 Å². The largest absolute Gasteiger partial charge is 0.392 e. The standard InChI is InChI=1S/C10H14FNO/c1-12(7-6-11)10-4-2-9(8-13)3-5-10/h2-5,13H,6-8H2,1H3. The van der Waals surface area contributed by atoms with E-state index in [1.165, 1.54) is 0 Å². The molecule has 0 fully saturated rings. The molecule has 72 valence electrons. The maximum absolute atomic E-state index is 12.0. The van der Waals surface area contributed by atoms with E-state index in [0.717, 1.165) is 11.3 Å². The van der Waals surface area contributed by atoms with Crippen molar-refractivity contribution < 1.29 is 9.50 Å². The third kappa shape index (κ3) is 2.70. The molecule has 0 saturated heterocycles. The molecule has 1 rings (SSSR count). The van der Waals surface area contributed by atoms with E-state index in [0.29, 0.717) is 6.54 Å². The van der Waals surface area contributed by atoms with Crippen molar-refractivity contribution in [3.63, 3.8) is 0 Å². The molecule has 1 aromatic carbocycles. The molecular weight excluding hydrogens is 169 g/mol. The topological polar surface area (TPSA) is 23.5 Å². The number of benzene rings is 1. The monoisotopic (exact) mass is 183 g/mol. The molecule has 13 heavy (non-hydrogen) atoms. The van der Waals surface area contributed by atoms with Crippen LogP contribution in [0.4, 0.5) is 10.1 Å². The first-order valence-electron chi connectivity index (χ1n) is 4.25. The van der Waals surface area contributed by atoms with Crippen LogP contribution in [-0.4, -0.2) is 25.4 Å². The summed E-state index contributed by atoms with van der Waals surface area (Å²) in [4.78, 5) is 1.83. The number of nitrogens with zero attached hydrogens (tertiary/aromatic N) is 1. The Morgan fingerprint density at radius 2 is 1.92 bits per heavy atom. The molecular formula is C10H14FNO. The molecule has 0 atom stereocenters. The van der Waals surface area contributed by atoms with E-state index in [9.17, 15) is 4.39 Å². The lowest BCUT2D eigenvalue weighted by molar-refractivity contribution is 0.282. The van der Waals surface area contributed by atoms with E-state index in [1.807, 2.05) is 36.2 Å². The Balaban J connectivity index is 2.67. The highest BCUT2D eigenvalue weighted by Gasteiger charge is 1.99. The van der Waals surface area contributed by atoms with Crippen molar-refractivity contribution >= 4 is 5.69 Å². The predicted molar refractivity (Wildman–Crippen MR) is 51.6 cm³/mol. The Bertz CT molecular complexity index is 248. The molecule has 3 heteroatoms. The van der Waals surface area contributed by atoms with Gasteiger partial charge >= 0.3 is 0 Å². The Labute approximate surface area is 77.6 Å². The molecule has 0 radical (unpaired) electrons. The molecule has 1 aromatic rings. The van der Waals surface area contributed by atoms with Gasteiger partial charge in [0.2, 0.25) is 0 Å². The van der Waals surface area contributed by atoms with Gasteiger partial charge in [0.05, 0.1) is 6.61 Å². The first-order chi connectivity index (χ1) is 6.27. The second kappa shape index (κ2) is 4.82. The van der Waals surface area contributed by atoms with Gasteiger partial charge in [0.25, 0.3) is 0 Å². The summed E-state index contributed by atoms with van der Waals surface area (Å²) in [6, 6.07) is 7.43. The van der Waals surface area contributed by atoms with Crippen LogP contribution in [-0.2, 0) is 6.61 Å². The third-order valence-corrected chi connectivity index (χ3v) is 1.98. The molecule has 0 aliphatic heterocycles. The van der Waals surface area contributed by atoms with Gasteiger partial charge in [0, 0.05) is 19.3 Å². The average Bonchev–Trinajstić information content (AvgIpc) is 2.18. The lowest BCUT2D eigenvalue weighted by atomic mass is 10.2. The van der Waals surface area contributed by atoms with E-state index >= 15 is 0 Å². The van der Waals surface area contributed by atoms with Crippen LogP contribution < -0.4 is 4.90 Å². The fraction of sp³-hybridized carbons (Fsp3) is 0.400. The SMILES string of the molecule is CN(CCF)c1ccc(CO)cc1. The van der Waals surface area contributed by atoms with Crippen LogP contribution in [0.2, 0.25) is 0 Å². The van der Waals surface area contributed by atoms with Crippen molar-refractivity contribution in [2.24, 2.45) is 0 Å². The molecule has 0 saturated carbocycles. The first-order valence-corrected chi connectivity index (χ1v) is 4.25. The van der Waals surface area contributed by atoms with Gasteiger partial charge in [0.1, 0.15) is 6.67 Å². The molecule has 0 heterocycles. The zero-order chi connectivity index (χ0) is 9.68. The summed E-state index contributed by atoms with van der Waals surface area (Å²) < 4.78 is 12.0. The van der Waals surface area contributed by atoms with Crippen LogP contribution >= 0.6 is 0 Å². The summed E-state index contributed by atoms with van der Waals surface area (Å²) in [6.45, 7) is 0.101. The summed E-state index contributed by atoms with van der Waals surface area (Å²) in [5.74, 6) is 0. The number of rotatable bonds is 4. The Hall–Kier alpha value is -1.09. The van der Waals surface area contributed by atoms with Gasteiger partial charge in [-0.3, -0.25) is 0 Å². The van der Waals surface area contributed by atoms with Crippen LogP contribution in [0.15, 0.2) is 24.3 Å². The van der Waals surface area contributed by atoms with Gasteiger partial charge in [-0.25, -0.2) is 4.39 Å². The van der Waals surface area contributed by atoms with Gasteiger partial charge in [-0.15, -0.1) is 0 Å². The van der Waals surface area contributed by atoms with Crippen molar-refractivity contribution in [3.05, 3.63) is 29.8 Å². The van der Waals surface area contributed by atoms with Crippen molar-refractivity contribution in [3.8, 4) is 0 Å². The summed E-state index contributed by atoms with van der Waals surface area (Å²) in [7, 11) is 1.84. The highest BCUT2D eigenvalue weighted by atomic mass is 19.1. The number of anilines is 1. The van der Waals surface area contributed by atoms with Gasteiger partial charge in [0.15, 0.2) is 0 Å². The minimum absolute atomic E-state index is 0.0487. The number of halogens is 1. The van der Waals surface area contributed by atoms with Gasteiger partial charge < -0.3 is 10.0 Å². The van der Waals surface area contributed by atoms with Crippen molar-refractivity contribution in [1.29, 1.82) is 0 Å². The predicted octanol–water partition coefficient (Wildman–Crippen LogP) is 1.58. The molecule has 2 nitrogen and oxygen atoms in total. The number of hydrogen-bond donors (Lipinski definition) is 1. The zero-order valence-corrected chi connectivity index (χ0v) is 7.70. The van der Waals surface area contributed by atoms with E-state index in [-0.39, 0.29) is 13.3 Å². The first kappa shape index (κ1) is 9.99. The fourth-order valence-electron chi connectivity index (χ4n) is 1.11. The van der Waals surface area contributed by atoms with E-state index in [2.05, 4.69) is 0 Å². The second-order valence-corrected chi connectivity index (χ2v) is 2.94. The molecule has 0 aromatic heterocycles. The molecule has 0 aliphatic carbocycles. The maximum atomic E-state index is 12.0. The number of hydrogen-bond acceptors (Lipinski definition) is 2. The average molecular weight is 183 g/mol. The summed E-state index contributed by atoms with van der Waals surface area (Å²) >= 11 is 0. The summed E-state index contributed by atoms with van der Waals surface area (Å²) in [5.41, 5.74) is 1.84. The third-order valence-electron chi connectivity index (χ3n) is 1.98. The summed E-state index contributed by atoms with van der Waals surface area (Å²) in [5, 5.41) is 8.80. The zero-order valence-electron chi connectivity index (χ0n) is 7.70. The van der Waals surface area contributed by atoms with E-state index < -0.39 is 0 Å². The molecule has 0 aliphatic rings. The second-order valence-electron chi connectivity index (χ2n) is 2.94. The minimum atomic E-state index is -0.349. The van der Waals surface area contributed by atoms with Gasteiger partial charge in [-0.2, -0.15) is 0 Å². The van der Waals surface area contributed by atoms with Crippen LogP contribution in [0.1, 0.15) is 5.56 Å². The smallest absolute Gasteiger partial charge is 0.107 e. The summed E-state index contributed by atoms with van der Waals surface area (Å²) in [6.07, 6.45) is 0.